The van der Waals surface area contributed by atoms with Gasteiger partial charge in [-0.2, -0.15) is 18.2 Å². The van der Waals surface area contributed by atoms with Crippen LogP contribution in [0.15, 0.2) is 89.7 Å². The third kappa shape index (κ3) is 8.60. The van der Waals surface area contributed by atoms with Crippen molar-refractivity contribution in [2.24, 2.45) is 0 Å². The van der Waals surface area contributed by atoms with Crippen molar-refractivity contribution in [3.05, 3.63) is 135 Å². The molecule has 0 aliphatic heterocycles. The summed E-state index contributed by atoms with van der Waals surface area (Å²) in [5.41, 5.74) is 1.23. The zero-order chi connectivity index (χ0) is 36.0. The highest BCUT2D eigenvalue weighted by molar-refractivity contribution is 5.82. The predicted octanol–water partition coefficient (Wildman–Crippen LogP) is 7.66. The lowest BCUT2D eigenvalue weighted by Gasteiger charge is -2.28. The van der Waals surface area contributed by atoms with Crippen LogP contribution < -0.4 is 5.56 Å². The van der Waals surface area contributed by atoms with E-state index >= 15 is 0 Å². The molecule has 0 bridgehead atoms. The summed E-state index contributed by atoms with van der Waals surface area (Å²) in [5.74, 6) is -3.52. The van der Waals surface area contributed by atoms with E-state index in [4.69, 9.17) is 0 Å². The van der Waals surface area contributed by atoms with Crippen molar-refractivity contribution in [1.82, 2.24) is 19.4 Å². The zero-order valence-electron chi connectivity index (χ0n) is 27.6. The first-order valence-electron chi connectivity index (χ1n) is 16.3. The second-order valence-corrected chi connectivity index (χ2v) is 11.9. The molecule has 0 N–H and O–H groups in total. The first-order chi connectivity index (χ1) is 23.9. The Labute approximate surface area is 285 Å². The molecule has 5 aromatic rings. The largest absolute Gasteiger partial charge is 0.416 e. The molecule has 0 saturated heterocycles. The highest BCUT2D eigenvalue weighted by Crippen LogP contribution is 2.31. The van der Waals surface area contributed by atoms with Crippen LogP contribution in [-0.4, -0.2) is 51.4 Å². The Bertz CT molecular complexity index is 2010. The summed E-state index contributed by atoms with van der Waals surface area (Å²) in [6.45, 7) is 6.60. The smallest absolute Gasteiger partial charge is 0.336 e. The van der Waals surface area contributed by atoms with Crippen LogP contribution in [0.2, 0.25) is 0 Å². The molecule has 0 fully saturated rings. The maximum atomic E-state index is 14.5. The predicted molar refractivity (Wildman–Crippen MR) is 180 cm³/mol. The molecule has 262 valence electrons. The fourth-order valence-electron chi connectivity index (χ4n) is 5.84. The Hall–Kier alpha value is -4.97. The molecule has 6 nitrogen and oxygen atoms in total. The Kier molecular flexibility index (Phi) is 11.4. The van der Waals surface area contributed by atoms with Gasteiger partial charge in [0.05, 0.1) is 16.5 Å². The fraction of sp³-hybridized carbons (Fsp3) is 0.289. The number of alkyl halides is 3. The van der Waals surface area contributed by atoms with Gasteiger partial charge in [0.25, 0.3) is 5.56 Å². The van der Waals surface area contributed by atoms with E-state index in [0.717, 1.165) is 42.4 Å². The Morgan fingerprint density at radius 3 is 2.04 bits per heavy atom. The number of benzene rings is 4. The second-order valence-electron chi connectivity index (χ2n) is 11.9. The number of para-hydroxylation sites is 1. The molecule has 50 heavy (non-hydrogen) atoms. The van der Waals surface area contributed by atoms with Crippen LogP contribution in [0.4, 0.5) is 26.3 Å². The van der Waals surface area contributed by atoms with Crippen LogP contribution in [0.5, 0.6) is 0 Å². The van der Waals surface area contributed by atoms with Gasteiger partial charge in [-0.05, 0) is 72.1 Å². The number of hydrogen-bond acceptors (Lipinski definition) is 4. The average molecular weight is 695 g/mol. The molecule has 5 rings (SSSR count). The van der Waals surface area contributed by atoms with Gasteiger partial charge in [-0.15, -0.1) is 0 Å². The summed E-state index contributed by atoms with van der Waals surface area (Å²) in [6, 6.07) is 20.1. The summed E-state index contributed by atoms with van der Waals surface area (Å²) < 4.78 is 82.6. The Morgan fingerprint density at radius 2 is 1.40 bits per heavy atom. The minimum atomic E-state index is -4.43. The van der Waals surface area contributed by atoms with Crippen LogP contribution in [0.25, 0.3) is 22.0 Å². The number of carbonyl (C=O) groups is 1. The molecule has 0 saturated carbocycles. The third-order valence-electron chi connectivity index (χ3n) is 8.77. The lowest BCUT2D eigenvalue weighted by Crippen LogP contribution is -2.40. The van der Waals surface area contributed by atoms with Gasteiger partial charge in [0.2, 0.25) is 5.91 Å². The topological polar surface area (TPSA) is 58.4 Å². The lowest BCUT2D eigenvalue weighted by atomic mass is 10.0. The number of nitrogens with zero attached hydrogens (tertiary/aromatic N) is 4. The summed E-state index contributed by atoms with van der Waals surface area (Å²) in [5, 5.41) is 0.289. The molecule has 0 atom stereocenters. The number of likely N-dealkylation sites (N-methyl/N-ethyl adjacent to an activating group) is 1. The van der Waals surface area contributed by atoms with E-state index in [2.05, 4.69) is 9.88 Å². The lowest BCUT2D eigenvalue weighted by molar-refractivity contribution is -0.137. The van der Waals surface area contributed by atoms with Crippen LogP contribution in [0.1, 0.15) is 36.4 Å². The van der Waals surface area contributed by atoms with Gasteiger partial charge in [0.15, 0.2) is 11.6 Å². The molecule has 0 aliphatic carbocycles. The maximum absolute atomic E-state index is 14.5. The first kappa shape index (κ1) is 36.3. The van der Waals surface area contributed by atoms with E-state index in [-0.39, 0.29) is 48.6 Å². The molecular formula is C38H36F6N4O2. The van der Waals surface area contributed by atoms with Crippen LogP contribution in [0.3, 0.4) is 0 Å². The van der Waals surface area contributed by atoms with Crippen molar-refractivity contribution in [3.8, 4) is 11.1 Å². The maximum Gasteiger partial charge on any atom is 0.416 e. The van der Waals surface area contributed by atoms with Gasteiger partial charge >= 0.3 is 6.18 Å². The van der Waals surface area contributed by atoms with Crippen LogP contribution in [-0.2, 0) is 36.9 Å². The van der Waals surface area contributed by atoms with Gasteiger partial charge in [-0.25, -0.2) is 13.2 Å². The minimum absolute atomic E-state index is 0.0276. The summed E-state index contributed by atoms with van der Waals surface area (Å²) in [6.07, 6.45) is -4.55. The van der Waals surface area contributed by atoms with Gasteiger partial charge in [0, 0.05) is 32.1 Å². The van der Waals surface area contributed by atoms with E-state index in [1.165, 1.54) is 12.1 Å². The second kappa shape index (κ2) is 15.7. The molecule has 0 aliphatic rings. The highest BCUT2D eigenvalue weighted by atomic mass is 19.4. The highest BCUT2D eigenvalue weighted by Gasteiger charge is 2.30. The molecule has 1 amide bonds. The van der Waals surface area contributed by atoms with Gasteiger partial charge in [0.1, 0.15) is 18.2 Å². The summed E-state index contributed by atoms with van der Waals surface area (Å²) in [4.78, 5) is 35.2. The number of fused-ring (bicyclic) bond motifs is 1. The number of amides is 1. The molecule has 1 aromatic heterocycles. The van der Waals surface area contributed by atoms with Crippen molar-refractivity contribution < 1.29 is 31.1 Å². The van der Waals surface area contributed by atoms with Crippen LogP contribution in [0, 0.1) is 17.5 Å². The molecule has 0 spiro atoms. The quantitative estimate of drug-likeness (QED) is 0.0939. The van der Waals surface area contributed by atoms with Crippen molar-refractivity contribution in [1.29, 1.82) is 0 Å². The average Bonchev–Trinajstić information content (AvgIpc) is 3.10. The van der Waals surface area contributed by atoms with E-state index in [1.807, 2.05) is 26.0 Å². The van der Waals surface area contributed by atoms with E-state index in [9.17, 15) is 35.9 Å². The molecule has 0 unspecified atom stereocenters. The van der Waals surface area contributed by atoms with Crippen molar-refractivity contribution in [2.45, 2.75) is 46.0 Å². The first-order valence-corrected chi connectivity index (χ1v) is 16.3. The van der Waals surface area contributed by atoms with Crippen molar-refractivity contribution in [3.63, 3.8) is 0 Å². The number of carbonyl (C=O) groups excluding carboxylic acids is 1. The molecule has 4 aromatic carbocycles. The number of aromatic nitrogens is 2. The van der Waals surface area contributed by atoms with Gasteiger partial charge in [-0.3, -0.25) is 9.59 Å². The number of rotatable bonds is 13. The fourth-order valence-corrected chi connectivity index (χ4v) is 5.84. The standard InChI is InChI=1S/C38H36F6N4O2/c1-3-46(4-2)19-20-47(23-25-9-11-26(12-10-25)27-13-16-29(17-14-27)38(42,43)44)36(49)24-48-34-8-6-5-7-30(34)37(50)45-35(48)18-15-28-21-32(40)33(41)22-31(28)39/h5-14,16-17,21-22H,3-4,15,18-20,23-24H2,1-2H3. The van der Waals surface area contributed by atoms with E-state index in [1.54, 1.807) is 45.9 Å². The summed E-state index contributed by atoms with van der Waals surface area (Å²) in [7, 11) is 0. The van der Waals surface area contributed by atoms with E-state index in [0.29, 0.717) is 30.2 Å². The van der Waals surface area contributed by atoms with Crippen LogP contribution >= 0.6 is 0 Å². The third-order valence-corrected chi connectivity index (χ3v) is 8.77. The van der Waals surface area contributed by atoms with Crippen molar-refractivity contribution >= 4 is 16.8 Å². The van der Waals surface area contributed by atoms with E-state index < -0.39 is 34.8 Å². The SMILES string of the molecule is CCN(CC)CCN(Cc1ccc(-c2ccc(C(F)(F)F)cc2)cc1)C(=O)Cn1c(CCc2cc(F)c(F)cc2F)nc(=O)c2ccccc21. The molecule has 12 heteroatoms. The van der Waals surface area contributed by atoms with Gasteiger partial charge in [-0.1, -0.05) is 62.4 Å². The van der Waals surface area contributed by atoms with Gasteiger partial charge < -0.3 is 14.4 Å². The monoisotopic (exact) mass is 694 g/mol. The zero-order valence-corrected chi connectivity index (χ0v) is 27.6. The molecule has 1 heterocycles. The number of aryl methyl sites for hydroxylation is 2. The minimum Gasteiger partial charge on any atom is -0.336 e. The number of hydrogen-bond donors (Lipinski definition) is 0. The Morgan fingerprint density at radius 1 is 0.780 bits per heavy atom. The summed E-state index contributed by atoms with van der Waals surface area (Å²) >= 11 is 0. The van der Waals surface area contributed by atoms with Crippen molar-refractivity contribution in [2.75, 3.05) is 26.2 Å². The molecule has 0 radical (unpaired) electrons. The number of halogens is 6. The normalized spacial score (nSPS) is 11.8. The molecular weight excluding hydrogens is 658 g/mol. The Balaban J connectivity index is 1.42.